The quantitative estimate of drug-likeness (QED) is 0.765. The molecule has 0 spiro atoms. The van der Waals surface area contributed by atoms with Gasteiger partial charge in [0.2, 0.25) is 0 Å². The monoisotopic (exact) mass is 265 g/mol. The Morgan fingerprint density at radius 1 is 1.26 bits per heavy atom. The molecule has 1 heterocycles. The highest BCUT2D eigenvalue weighted by Gasteiger charge is 2.34. The van der Waals surface area contributed by atoms with Gasteiger partial charge < -0.3 is 20.3 Å². The Bertz CT molecular complexity index is 412. The topological polar surface area (TPSA) is 44.5 Å². The Hall–Kier alpha value is -1.26. The van der Waals surface area contributed by atoms with Crippen LogP contribution in [0, 0.1) is 0 Å². The second-order valence-corrected chi connectivity index (χ2v) is 5.90. The number of para-hydroxylation sites is 2. The summed E-state index contributed by atoms with van der Waals surface area (Å²) in [5.41, 5.74) is 5.59. The third-order valence-corrected chi connectivity index (χ3v) is 4.37. The van der Waals surface area contributed by atoms with E-state index >= 15 is 0 Å². The molecule has 0 atom stereocenters. The summed E-state index contributed by atoms with van der Waals surface area (Å²) in [4.78, 5) is 4.09. The van der Waals surface area contributed by atoms with Gasteiger partial charge in [0, 0.05) is 0 Å². The van der Waals surface area contributed by atoms with E-state index in [0.717, 1.165) is 25.4 Å². The molecule has 0 aromatic heterocycles. The van der Waals surface area contributed by atoms with Crippen molar-refractivity contribution in [1.29, 1.82) is 0 Å². The van der Waals surface area contributed by atoms with E-state index in [9.17, 15) is 0 Å². The molecule has 2 rings (SSSR count). The Morgan fingerprint density at radius 2 is 1.89 bits per heavy atom. The summed E-state index contributed by atoms with van der Waals surface area (Å²) < 4.78 is 5.46. The van der Waals surface area contributed by atoms with Crippen LogP contribution >= 0.6 is 0 Å². The lowest BCUT2D eigenvalue weighted by Gasteiger charge is -2.40. The first-order valence-electron chi connectivity index (χ1n) is 7.11. The number of ether oxygens (including phenoxy) is 1. The molecule has 4 heteroatoms. The van der Waals surface area contributed by atoms with Crippen molar-refractivity contribution in [1.82, 2.24) is 0 Å². The van der Waals surface area contributed by atoms with E-state index in [1.165, 1.54) is 18.8 Å². The lowest BCUT2D eigenvalue weighted by molar-refractivity contribution is -0.955. The second-order valence-electron chi connectivity index (χ2n) is 5.90. The van der Waals surface area contributed by atoms with Crippen LogP contribution in [0.4, 0.5) is 5.69 Å². The third kappa shape index (κ3) is 3.01. The van der Waals surface area contributed by atoms with Gasteiger partial charge in [0.1, 0.15) is 17.8 Å². The van der Waals surface area contributed by atoms with Crippen LogP contribution in [0.15, 0.2) is 24.3 Å². The molecule has 0 radical (unpaired) electrons. The Labute approximate surface area is 116 Å². The fourth-order valence-electron chi connectivity index (χ4n) is 2.76. The van der Waals surface area contributed by atoms with Crippen LogP contribution in [0.25, 0.3) is 0 Å². The summed E-state index contributed by atoms with van der Waals surface area (Å²) in [5, 5.41) is 0. The molecule has 1 aromatic carbocycles. The molecule has 0 aliphatic carbocycles. The molecular weight excluding hydrogens is 238 g/mol. The van der Waals surface area contributed by atoms with Gasteiger partial charge in [-0.25, -0.2) is 0 Å². The normalized spacial score (nSPS) is 17.6. The highest BCUT2D eigenvalue weighted by atomic mass is 16.5. The molecule has 4 nitrogen and oxygen atoms in total. The number of anilines is 1. The van der Waals surface area contributed by atoms with Crippen molar-refractivity contribution in [2.75, 3.05) is 44.7 Å². The number of benzene rings is 1. The van der Waals surface area contributed by atoms with Gasteiger partial charge in [-0.3, -0.25) is 0 Å². The Kier molecular flexibility index (Phi) is 4.32. The predicted octanol–water partition coefficient (Wildman–Crippen LogP) is -0.579. The van der Waals surface area contributed by atoms with Crippen LogP contribution in [0.2, 0.25) is 0 Å². The Morgan fingerprint density at radius 3 is 2.47 bits per heavy atom. The summed E-state index contributed by atoms with van der Waals surface area (Å²) in [6.45, 7) is 10.1. The standard InChI is InChI=1S/C15H25N3O/c1-15(2,12-16)18-10-8-17(9-11-18)13-6-4-5-7-14(13)19-3/h4-7H,8-12,16H2,1-3H3/p+2. The second kappa shape index (κ2) is 5.80. The number of nitrogens with one attached hydrogen (secondary N) is 1. The van der Waals surface area contributed by atoms with Gasteiger partial charge in [0.15, 0.2) is 0 Å². The minimum absolute atomic E-state index is 0.285. The molecule has 0 bridgehead atoms. The van der Waals surface area contributed by atoms with Crippen LogP contribution in [0.5, 0.6) is 5.75 Å². The average molecular weight is 265 g/mol. The number of rotatable bonds is 4. The number of hydrogen-bond donors (Lipinski definition) is 2. The first-order valence-corrected chi connectivity index (χ1v) is 7.11. The van der Waals surface area contributed by atoms with Crippen LogP contribution in [-0.4, -0.2) is 45.4 Å². The molecule has 0 saturated carbocycles. The zero-order valence-electron chi connectivity index (χ0n) is 12.4. The van der Waals surface area contributed by atoms with Crippen molar-refractivity contribution < 1.29 is 15.4 Å². The van der Waals surface area contributed by atoms with Gasteiger partial charge in [-0.05, 0) is 26.0 Å². The lowest BCUT2D eigenvalue weighted by atomic mass is 10.0. The van der Waals surface area contributed by atoms with Gasteiger partial charge in [-0.1, -0.05) is 12.1 Å². The molecule has 1 fully saturated rings. The van der Waals surface area contributed by atoms with Crippen LogP contribution in [0.3, 0.4) is 0 Å². The Balaban J connectivity index is 2.04. The van der Waals surface area contributed by atoms with E-state index in [2.05, 4.69) is 36.6 Å². The largest absolute Gasteiger partial charge is 0.495 e. The first-order chi connectivity index (χ1) is 9.08. The van der Waals surface area contributed by atoms with Gasteiger partial charge in [-0.2, -0.15) is 0 Å². The first kappa shape index (κ1) is 14.2. The maximum atomic E-state index is 5.46. The molecule has 19 heavy (non-hydrogen) atoms. The molecule has 1 aromatic rings. The highest BCUT2D eigenvalue weighted by molar-refractivity contribution is 5.58. The van der Waals surface area contributed by atoms with E-state index in [0.29, 0.717) is 0 Å². The van der Waals surface area contributed by atoms with E-state index in [1.54, 1.807) is 12.0 Å². The van der Waals surface area contributed by atoms with Crippen molar-refractivity contribution in [2.24, 2.45) is 0 Å². The van der Waals surface area contributed by atoms with Gasteiger partial charge >= 0.3 is 0 Å². The zero-order valence-corrected chi connectivity index (χ0v) is 12.4. The van der Waals surface area contributed by atoms with E-state index in [1.807, 2.05) is 12.1 Å². The molecule has 1 aliphatic heterocycles. The summed E-state index contributed by atoms with van der Waals surface area (Å²) in [5.74, 6) is 0.974. The van der Waals surface area contributed by atoms with E-state index in [4.69, 9.17) is 4.74 Å². The molecule has 1 aliphatic rings. The number of nitrogens with zero attached hydrogens (tertiary/aromatic N) is 1. The predicted molar refractivity (Wildman–Crippen MR) is 77.7 cm³/mol. The third-order valence-electron chi connectivity index (χ3n) is 4.37. The molecule has 0 amide bonds. The molecule has 0 unspecified atom stereocenters. The highest BCUT2D eigenvalue weighted by Crippen LogP contribution is 2.27. The van der Waals surface area contributed by atoms with Crippen molar-refractivity contribution in [2.45, 2.75) is 19.4 Å². The summed E-state index contributed by atoms with van der Waals surface area (Å²) in [6.07, 6.45) is 0. The number of hydrogen-bond acceptors (Lipinski definition) is 2. The maximum absolute atomic E-state index is 5.46. The summed E-state index contributed by atoms with van der Waals surface area (Å²) in [6, 6.07) is 8.29. The average Bonchev–Trinajstić information content (AvgIpc) is 2.47. The van der Waals surface area contributed by atoms with Crippen LogP contribution in [-0.2, 0) is 0 Å². The smallest absolute Gasteiger partial charge is 0.142 e. The van der Waals surface area contributed by atoms with Crippen molar-refractivity contribution in [3.8, 4) is 5.75 Å². The minimum Gasteiger partial charge on any atom is -0.495 e. The number of quaternary nitrogens is 2. The van der Waals surface area contributed by atoms with Gasteiger partial charge in [0.25, 0.3) is 0 Å². The summed E-state index contributed by atoms with van der Waals surface area (Å²) in [7, 11) is 1.74. The van der Waals surface area contributed by atoms with Crippen LogP contribution < -0.4 is 20.3 Å². The van der Waals surface area contributed by atoms with Gasteiger partial charge in [-0.15, -0.1) is 0 Å². The zero-order chi connectivity index (χ0) is 13.9. The van der Waals surface area contributed by atoms with Crippen LogP contribution in [0.1, 0.15) is 13.8 Å². The molecular formula is C15H27N3O+2. The van der Waals surface area contributed by atoms with E-state index < -0.39 is 0 Å². The molecule has 4 N–H and O–H groups in total. The number of methoxy groups -OCH3 is 1. The summed E-state index contributed by atoms with van der Waals surface area (Å²) >= 11 is 0. The van der Waals surface area contributed by atoms with Gasteiger partial charge in [0.05, 0.1) is 39.0 Å². The lowest BCUT2D eigenvalue weighted by Crippen LogP contribution is -3.23. The molecule has 1 saturated heterocycles. The minimum atomic E-state index is 0.285. The SMILES string of the molecule is COc1ccccc1N1CC[NH+](C(C)(C)C[NH3+])CC1. The fourth-order valence-corrected chi connectivity index (χ4v) is 2.76. The number of piperazine rings is 1. The maximum Gasteiger partial charge on any atom is 0.142 e. The van der Waals surface area contributed by atoms with Crippen molar-refractivity contribution in [3.63, 3.8) is 0 Å². The van der Waals surface area contributed by atoms with Crippen molar-refractivity contribution in [3.05, 3.63) is 24.3 Å². The molecule has 106 valence electrons. The van der Waals surface area contributed by atoms with Crippen molar-refractivity contribution >= 4 is 5.69 Å². The van der Waals surface area contributed by atoms with E-state index in [-0.39, 0.29) is 5.54 Å². The fraction of sp³-hybridized carbons (Fsp3) is 0.600.